The smallest absolute Gasteiger partial charge is 0.251 e. The highest BCUT2D eigenvalue weighted by molar-refractivity contribution is 5.71. The number of aromatic nitrogens is 3. The van der Waals surface area contributed by atoms with Crippen molar-refractivity contribution in [2.75, 3.05) is 18.4 Å². The van der Waals surface area contributed by atoms with Crippen LogP contribution in [0.4, 0.5) is 5.95 Å². The Morgan fingerprint density at radius 3 is 3.13 bits per heavy atom. The molecule has 15 heavy (non-hydrogen) atoms. The summed E-state index contributed by atoms with van der Waals surface area (Å²) in [6.45, 7) is 3.28. The van der Waals surface area contributed by atoms with Crippen molar-refractivity contribution in [2.45, 2.75) is 13.3 Å². The molecule has 0 aromatic carbocycles. The average Bonchev–Trinajstić information content (AvgIpc) is 2.66. The van der Waals surface area contributed by atoms with Crippen molar-refractivity contribution in [3.05, 3.63) is 12.1 Å². The van der Waals surface area contributed by atoms with Gasteiger partial charge in [0.2, 0.25) is 5.95 Å². The van der Waals surface area contributed by atoms with Crippen molar-refractivity contribution >= 4 is 17.2 Å². The van der Waals surface area contributed by atoms with Crippen LogP contribution in [0.2, 0.25) is 0 Å². The lowest BCUT2D eigenvalue weighted by Gasteiger charge is -2.03. The van der Waals surface area contributed by atoms with E-state index in [1.165, 1.54) is 6.39 Å². The van der Waals surface area contributed by atoms with Crippen LogP contribution in [0.3, 0.4) is 0 Å². The molecule has 0 atom stereocenters. The highest BCUT2D eigenvalue weighted by Crippen LogP contribution is 2.14. The van der Waals surface area contributed by atoms with Gasteiger partial charge < -0.3 is 15.5 Å². The first-order valence-electron chi connectivity index (χ1n) is 4.83. The normalized spacial score (nSPS) is 10.8. The van der Waals surface area contributed by atoms with Gasteiger partial charge in [-0.1, -0.05) is 0 Å². The van der Waals surface area contributed by atoms with Crippen LogP contribution in [0.1, 0.15) is 12.1 Å². The average molecular weight is 207 g/mol. The second kappa shape index (κ2) is 4.22. The van der Waals surface area contributed by atoms with Gasteiger partial charge in [0, 0.05) is 6.54 Å². The monoisotopic (exact) mass is 207 g/mol. The summed E-state index contributed by atoms with van der Waals surface area (Å²) in [6, 6.07) is 0. The minimum absolute atomic E-state index is 0.512. The molecule has 80 valence electrons. The van der Waals surface area contributed by atoms with E-state index in [2.05, 4.69) is 20.3 Å². The molecule has 0 spiro atoms. The lowest BCUT2D eigenvalue weighted by molar-refractivity contribution is 0.590. The van der Waals surface area contributed by atoms with E-state index in [4.69, 9.17) is 10.2 Å². The zero-order valence-corrected chi connectivity index (χ0v) is 8.53. The lowest BCUT2D eigenvalue weighted by atomic mass is 10.4. The van der Waals surface area contributed by atoms with Crippen LogP contribution in [-0.2, 0) is 0 Å². The topological polar surface area (TPSA) is 89.9 Å². The summed E-state index contributed by atoms with van der Waals surface area (Å²) in [5.74, 6) is 0.560. The minimum atomic E-state index is 0.512. The molecule has 0 unspecified atom stereocenters. The molecule has 0 aliphatic carbocycles. The third-order valence-electron chi connectivity index (χ3n) is 2.04. The van der Waals surface area contributed by atoms with E-state index in [9.17, 15) is 0 Å². The van der Waals surface area contributed by atoms with Crippen LogP contribution in [-0.4, -0.2) is 28.0 Å². The number of aryl methyl sites for hydroxylation is 1. The van der Waals surface area contributed by atoms with Crippen LogP contribution in [0.5, 0.6) is 0 Å². The Kier molecular flexibility index (Phi) is 2.77. The Morgan fingerprint density at radius 1 is 1.47 bits per heavy atom. The first-order valence-corrected chi connectivity index (χ1v) is 4.83. The van der Waals surface area contributed by atoms with E-state index < -0.39 is 0 Å². The minimum Gasteiger partial charge on any atom is -0.425 e. The number of fused-ring (bicyclic) bond motifs is 1. The fraction of sp³-hybridized carbons (Fsp3) is 0.444. The number of hydrogen-bond donors (Lipinski definition) is 2. The van der Waals surface area contributed by atoms with Crippen LogP contribution >= 0.6 is 0 Å². The summed E-state index contributed by atoms with van der Waals surface area (Å²) in [4.78, 5) is 12.5. The van der Waals surface area contributed by atoms with Gasteiger partial charge in [-0.2, -0.15) is 4.98 Å². The first kappa shape index (κ1) is 9.85. The lowest BCUT2D eigenvalue weighted by Crippen LogP contribution is -2.10. The van der Waals surface area contributed by atoms with Gasteiger partial charge in [0.25, 0.3) is 5.71 Å². The number of hydrogen-bond acceptors (Lipinski definition) is 6. The Hall–Kier alpha value is -1.69. The maximum Gasteiger partial charge on any atom is 0.251 e. The highest BCUT2D eigenvalue weighted by atomic mass is 16.3. The quantitative estimate of drug-likeness (QED) is 0.717. The molecule has 0 aliphatic heterocycles. The van der Waals surface area contributed by atoms with E-state index in [1.807, 2.05) is 6.92 Å². The van der Waals surface area contributed by atoms with Crippen LogP contribution in [0.15, 0.2) is 10.8 Å². The Labute approximate surface area is 86.9 Å². The summed E-state index contributed by atoms with van der Waals surface area (Å²) in [5, 5.41) is 3.08. The summed E-state index contributed by atoms with van der Waals surface area (Å²) in [5.41, 5.74) is 7.42. The number of rotatable bonds is 4. The van der Waals surface area contributed by atoms with E-state index in [-0.39, 0.29) is 0 Å². The Balaban J connectivity index is 2.21. The number of nitrogens with zero attached hydrogens (tertiary/aromatic N) is 3. The molecule has 2 aromatic rings. The number of anilines is 1. The van der Waals surface area contributed by atoms with Gasteiger partial charge in [0.1, 0.15) is 0 Å². The summed E-state index contributed by atoms with van der Waals surface area (Å²) < 4.78 is 5.12. The molecular weight excluding hydrogens is 194 g/mol. The van der Waals surface area contributed by atoms with E-state index in [0.717, 1.165) is 18.7 Å². The largest absolute Gasteiger partial charge is 0.425 e. The van der Waals surface area contributed by atoms with Crippen LogP contribution in [0.25, 0.3) is 11.2 Å². The molecule has 2 heterocycles. The SMILES string of the molecule is Cc1nc(NCCCN)nc2ocnc12. The second-order valence-corrected chi connectivity index (χ2v) is 3.21. The van der Waals surface area contributed by atoms with Gasteiger partial charge in [-0.25, -0.2) is 9.97 Å². The van der Waals surface area contributed by atoms with Crippen molar-refractivity contribution in [1.82, 2.24) is 15.0 Å². The molecule has 3 N–H and O–H groups in total. The molecule has 0 radical (unpaired) electrons. The van der Waals surface area contributed by atoms with Crippen molar-refractivity contribution in [2.24, 2.45) is 5.73 Å². The molecule has 2 aromatic heterocycles. The third kappa shape index (κ3) is 2.04. The van der Waals surface area contributed by atoms with Crippen molar-refractivity contribution < 1.29 is 4.42 Å². The van der Waals surface area contributed by atoms with E-state index in [1.54, 1.807) is 0 Å². The Bertz CT molecular complexity index is 453. The molecule has 2 rings (SSSR count). The molecule has 0 bridgehead atoms. The molecular formula is C9H13N5O. The predicted octanol–water partition coefficient (Wildman–Crippen LogP) is 0.687. The zero-order chi connectivity index (χ0) is 10.7. The van der Waals surface area contributed by atoms with E-state index in [0.29, 0.717) is 23.7 Å². The Morgan fingerprint density at radius 2 is 2.33 bits per heavy atom. The molecule has 0 aliphatic rings. The molecule has 0 saturated heterocycles. The van der Waals surface area contributed by atoms with Crippen molar-refractivity contribution in [1.29, 1.82) is 0 Å². The van der Waals surface area contributed by atoms with Gasteiger partial charge >= 0.3 is 0 Å². The summed E-state index contributed by atoms with van der Waals surface area (Å²) >= 11 is 0. The maximum absolute atomic E-state index is 5.39. The molecule has 0 fully saturated rings. The maximum atomic E-state index is 5.39. The fourth-order valence-electron chi connectivity index (χ4n) is 1.28. The number of oxazole rings is 1. The van der Waals surface area contributed by atoms with Gasteiger partial charge in [0.15, 0.2) is 11.9 Å². The third-order valence-corrected chi connectivity index (χ3v) is 2.04. The highest BCUT2D eigenvalue weighted by Gasteiger charge is 2.07. The molecule has 0 saturated carbocycles. The van der Waals surface area contributed by atoms with Crippen LogP contribution < -0.4 is 11.1 Å². The second-order valence-electron chi connectivity index (χ2n) is 3.21. The number of nitrogens with one attached hydrogen (secondary N) is 1. The van der Waals surface area contributed by atoms with Gasteiger partial charge in [-0.3, -0.25) is 0 Å². The summed E-state index contributed by atoms with van der Waals surface area (Å²) in [6.07, 6.45) is 2.26. The standard InChI is InChI=1S/C9H13N5O/c1-6-7-8(15-5-12-7)14-9(13-6)11-4-2-3-10/h5H,2-4,10H2,1H3,(H,11,13,14). The first-order chi connectivity index (χ1) is 7.31. The van der Waals surface area contributed by atoms with E-state index >= 15 is 0 Å². The van der Waals surface area contributed by atoms with Gasteiger partial charge in [0.05, 0.1) is 5.69 Å². The van der Waals surface area contributed by atoms with Crippen LogP contribution in [0, 0.1) is 6.92 Å². The fourth-order valence-corrected chi connectivity index (χ4v) is 1.28. The predicted molar refractivity (Wildman–Crippen MR) is 56.5 cm³/mol. The van der Waals surface area contributed by atoms with Crippen molar-refractivity contribution in [3.63, 3.8) is 0 Å². The molecule has 6 heteroatoms. The van der Waals surface area contributed by atoms with Gasteiger partial charge in [-0.15, -0.1) is 0 Å². The van der Waals surface area contributed by atoms with Crippen molar-refractivity contribution in [3.8, 4) is 0 Å². The number of nitrogens with two attached hydrogens (primary N) is 1. The molecule has 0 amide bonds. The van der Waals surface area contributed by atoms with Gasteiger partial charge in [-0.05, 0) is 19.9 Å². The zero-order valence-electron chi connectivity index (χ0n) is 8.53. The molecule has 6 nitrogen and oxygen atoms in total. The summed E-state index contributed by atoms with van der Waals surface area (Å²) in [7, 11) is 0.